The second-order valence-electron chi connectivity index (χ2n) is 4.87. The topological polar surface area (TPSA) is 52.0 Å². The van der Waals surface area contributed by atoms with Gasteiger partial charge in [0.05, 0.1) is 24.4 Å². The van der Waals surface area contributed by atoms with Crippen LogP contribution in [0.3, 0.4) is 0 Å². The molecule has 1 aromatic carbocycles. The Morgan fingerprint density at radius 1 is 1.23 bits per heavy atom. The van der Waals surface area contributed by atoms with Crippen LogP contribution in [0.1, 0.15) is 16.5 Å². The maximum Gasteiger partial charge on any atom is 0.127 e. The molecule has 0 saturated heterocycles. The molecule has 0 aliphatic rings. The molecule has 0 saturated carbocycles. The summed E-state index contributed by atoms with van der Waals surface area (Å²) in [6.07, 6.45) is 3.78. The molecular weight excluding hydrogens is 296 g/mol. The fourth-order valence-corrected chi connectivity index (χ4v) is 2.85. The second-order valence-corrected chi connectivity index (χ2v) is 5.94. The maximum atomic E-state index is 5.19. The molecule has 1 N–H and O–H groups in total. The summed E-state index contributed by atoms with van der Waals surface area (Å²) in [7, 11) is 1.67. The summed E-state index contributed by atoms with van der Waals surface area (Å²) in [4.78, 5) is 8.87. The van der Waals surface area contributed by atoms with Crippen LogP contribution in [-0.4, -0.2) is 21.6 Å². The second kappa shape index (κ2) is 6.72. The normalized spacial score (nSPS) is 10.8. The molecule has 0 unspecified atom stereocenters. The Morgan fingerprint density at radius 2 is 2.05 bits per heavy atom. The first-order chi connectivity index (χ1) is 10.8. The van der Waals surface area contributed by atoms with Gasteiger partial charge in [-0.25, -0.2) is 9.97 Å². The van der Waals surface area contributed by atoms with Crippen molar-refractivity contribution in [3.8, 4) is 11.4 Å². The van der Waals surface area contributed by atoms with Crippen molar-refractivity contribution >= 4 is 11.3 Å². The van der Waals surface area contributed by atoms with Crippen molar-refractivity contribution in [2.24, 2.45) is 0 Å². The van der Waals surface area contributed by atoms with Crippen LogP contribution >= 0.6 is 11.3 Å². The van der Waals surface area contributed by atoms with Gasteiger partial charge < -0.3 is 14.6 Å². The lowest BCUT2D eigenvalue weighted by molar-refractivity contribution is 0.414. The third kappa shape index (κ3) is 3.35. The molecule has 0 aliphatic carbocycles. The molecule has 2 heterocycles. The average Bonchev–Trinajstić information content (AvgIpc) is 3.17. The molecule has 22 heavy (non-hydrogen) atoms. The molecule has 0 atom stereocenters. The van der Waals surface area contributed by atoms with Crippen LogP contribution in [0.2, 0.25) is 0 Å². The van der Waals surface area contributed by atoms with E-state index in [4.69, 9.17) is 4.74 Å². The van der Waals surface area contributed by atoms with Crippen LogP contribution in [0.25, 0.3) is 5.69 Å². The van der Waals surface area contributed by atoms with Gasteiger partial charge in [-0.15, -0.1) is 11.3 Å². The summed E-state index contributed by atoms with van der Waals surface area (Å²) < 4.78 is 7.26. The van der Waals surface area contributed by atoms with Crippen LogP contribution in [0.15, 0.2) is 42.0 Å². The SMILES string of the molecule is COc1ccc(-n2ccnc2CNCc2csc(C)n2)cc1. The third-order valence-electron chi connectivity index (χ3n) is 3.32. The van der Waals surface area contributed by atoms with E-state index in [2.05, 4.69) is 25.2 Å². The van der Waals surface area contributed by atoms with Crippen molar-refractivity contribution in [3.63, 3.8) is 0 Å². The lowest BCUT2D eigenvalue weighted by atomic mass is 10.3. The first-order valence-corrected chi connectivity index (χ1v) is 7.92. The number of ether oxygens (including phenoxy) is 1. The van der Waals surface area contributed by atoms with Gasteiger partial charge in [-0.05, 0) is 31.2 Å². The zero-order valence-corrected chi connectivity index (χ0v) is 13.4. The van der Waals surface area contributed by atoms with E-state index in [1.165, 1.54) is 0 Å². The summed E-state index contributed by atoms with van der Waals surface area (Å²) in [6.45, 7) is 3.46. The van der Waals surface area contributed by atoms with Crippen LogP contribution in [0, 0.1) is 6.92 Å². The lowest BCUT2D eigenvalue weighted by Crippen LogP contribution is -2.16. The van der Waals surface area contributed by atoms with Crippen molar-refractivity contribution in [3.05, 3.63) is 58.6 Å². The smallest absolute Gasteiger partial charge is 0.127 e. The van der Waals surface area contributed by atoms with E-state index in [-0.39, 0.29) is 0 Å². The van der Waals surface area contributed by atoms with Crippen LogP contribution in [0.4, 0.5) is 0 Å². The number of hydrogen-bond donors (Lipinski definition) is 1. The molecular formula is C16H18N4OS. The minimum absolute atomic E-state index is 0.690. The van der Waals surface area contributed by atoms with Gasteiger partial charge in [0.2, 0.25) is 0 Å². The minimum atomic E-state index is 0.690. The van der Waals surface area contributed by atoms with Crippen molar-refractivity contribution < 1.29 is 4.74 Å². The summed E-state index contributed by atoms with van der Waals surface area (Å²) in [5, 5.41) is 6.56. The number of hydrogen-bond acceptors (Lipinski definition) is 5. The van der Waals surface area contributed by atoms with Crippen molar-refractivity contribution in [2.45, 2.75) is 20.0 Å². The van der Waals surface area contributed by atoms with Crippen LogP contribution in [-0.2, 0) is 13.1 Å². The Hall–Kier alpha value is -2.18. The maximum absolute atomic E-state index is 5.19. The number of benzene rings is 1. The van der Waals surface area contributed by atoms with Gasteiger partial charge in [0.25, 0.3) is 0 Å². The van der Waals surface area contributed by atoms with Crippen molar-refractivity contribution in [2.75, 3.05) is 7.11 Å². The lowest BCUT2D eigenvalue weighted by Gasteiger charge is -2.09. The van der Waals surface area contributed by atoms with E-state index >= 15 is 0 Å². The third-order valence-corrected chi connectivity index (χ3v) is 4.15. The first kappa shape index (κ1) is 14.7. The molecule has 114 valence electrons. The van der Waals surface area contributed by atoms with Gasteiger partial charge in [0, 0.05) is 30.0 Å². The highest BCUT2D eigenvalue weighted by Gasteiger charge is 2.05. The van der Waals surface area contributed by atoms with Crippen molar-refractivity contribution in [1.82, 2.24) is 19.9 Å². The fraction of sp³-hybridized carbons (Fsp3) is 0.250. The summed E-state index contributed by atoms with van der Waals surface area (Å²) in [5.74, 6) is 1.82. The Kier molecular flexibility index (Phi) is 4.50. The Morgan fingerprint density at radius 3 is 2.73 bits per heavy atom. The van der Waals surface area contributed by atoms with Gasteiger partial charge in [-0.1, -0.05) is 0 Å². The molecule has 3 rings (SSSR count). The molecule has 0 fully saturated rings. The molecule has 0 bridgehead atoms. The predicted octanol–water partition coefficient (Wildman–Crippen LogP) is 2.94. The average molecular weight is 314 g/mol. The zero-order chi connectivity index (χ0) is 15.4. The Bertz CT molecular complexity index is 733. The first-order valence-electron chi connectivity index (χ1n) is 7.04. The summed E-state index contributed by atoms with van der Waals surface area (Å²) in [6, 6.07) is 7.94. The zero-order valence-electron chi connectivity index (χ0n) is 12.6. The van der Waals surface area contributed by atoms with E-state index in [1.807, 2.05) is 43.6 Å². The van der Waals surface area contributed by atoms with E-state index in [0.29, 0.717) is 6.54 Å². The summed E-state index contributed by atoms with van der Waals surface area (Å²) in [5.41, 5.74) is 2.14. The quantitative estimate of drug-likeness (QED) is 0.760. The van der Waals surface area contributed by atoms with Gasteiger partial charge in [0.15, 0.2) is 0 Å². The molecule has 5 nitrogen and oxygen atoms in total. The number of aromatic nitrogens is 3. The molecule has 0 spiro atoms. The number of nitrogens with one attached hydrogen (secondary N) is 1. The van der Waals surface area contributed by atoms with E-state index in [1.54, 1.807) is 18.4 Å². The number of rotatable bonds is 6. The predicted molar refractivity (Wildman–Crippen MR) is 87.5 cm³/mol. The van der Waals surface area contributed by atoms with E-state index < -0.39 is 0 Å². The standard InChI is InChI=1S/C16H18N4OS/c1-12-19-13(11-22-12)9-17-10-16-18-7-8-20(16)14-3-5-15(21-2)6-4-14/h3-8,11,17H,9-10H2,1-2H3. The number of imidazole rings is 1. The highest BCUT2D eigenvalue weighted by molar-refractivity contribution is 7.09. The highest BCUT2D eigenvalue weighted by atomic mass is 32.1. The number of thiazole rings is 1. The van der Waals surface area contributed by atoms with E-state index in [0.717, 1.165) is 34.5 Å². The Balaban J connectivity index is 1.66. The van der Waals surface area contributed by atoms with Gasteiger partial charge >= 0.3 is 0 Å². The summed E-state index contributed by atoms with van der Waals surface area (Å²) >= 11 is 1.67. The number of aryl methyl sites for hydroxylation is 1. The fourth-order valence-electron chi connectivity index (χ4n) is 2.23. The van der Waals surface area contributed by atoms with Gasteiger partial charge in [0.1, 0.15) is 11.6 Å². The molecule has 0 radical (unpaired) electrons. The largest absolute Gasteiger partial charge is 0.497 e. The molecule has 2 aromatic heterocycles. The molecule has 3 aromatic rings. The van der Waals surface area contributed by atoms with Crippen molar-refractivity contribution in [1.29, 1.82) is 0 Å². The highest BCUT2D eigenvalue weighted by Crippen LogP contribution is 2.16. The molecule has 6 heteroatoms. The monoisotopic (exact) mass is 314 g/mol. The molecule has 0 aliphatic heterocycles. The van der Waals surface area contributed by atoms with Crippen LogP contribution < -0.4 is 10.1 Å². The number of nitrogens with zero attached hydrogens (tertiary/aromatic N) is 3. The Labute approximate surface area is 133 Å². The molecule has 0 amide bonds. The number of methoxy groups -OCH3 is 1. The van der Waals surface area contributed by atoms with Crippen LogP contribution in [0.5, 0.6) is 5.75 Å². The van der Waals surface area contributed by atoms with E-state index in [9.17, 15) is 0 Å². The van der Waals surface area contributed by atoms with Gasteiger partial charge in [-0.3, -0.25) is 0 Å². The van der Waals surface area contributed by atoms with Gasteiger partial charge in [-0.2, -0.15) is 0 Å². The minimum Gasteiger partial charge on any atom is -0.497 e.